The molecule has 2 rings (SSSR count). The summed E-state index contributed by atoms with van der Waals surface area (Å²) >= 11 is 0. The van der Waals surface area contributed by atoms with Crippen LogP contribution >= 0.6 is 0 Å². The highest BCUT2D eigenvalue weighted by molar-refractivity contribution is 5.13. The summed E-state index contributed by atoms with van der Waals surface area (Å²) in [5.41, 5.74) is 1.16. The molecule has 0 bridgehead atoms. The molecule has 132 valence electrons. The van der Waals surface area contributed by atoms with E-state index in [2.05, 4.69) is 6.07 Å². The van der Waals surface area contributed by atoms with Crippen molar-refractivity contribution in [2.75, 3.05) is 13.7 Å². The number of aliphatic hydroxyl groups excluding tert-OH is 1. The fourth-order valence-electron chi connectivity index (χ4n) is 3.08. The van der Waals surface area contributed by atoms with Crippen LogP contribution in [0, 0.1) is 11.3 Å². The number of hydrogen-bond acceptors (Lipinski definition) is 5. The first kappa shape index (κ1) is 18.9. The summed E-state index contributed by atoms with van der Waals surface area (Å²) in [5.74, 6) is 0. The zero-order chi connectivity index (χ0) is 17.2. The first-order valence-corrected chi connectivity index (χ1v) is 8.56. The van der Waals surface area contributed by atoms with E-state index < -0.39 is 6.10 Å². The first-order valence-electron chi connectivity index (χ1n) is 8.56. The van der Waals surface area contributed by atoms with Crippen LogP contribution in [0.2, 0.25) is 0 Å². The molecule has 0 unspecified atom stereocenters. The molecule has 5 heteroatoms. The van der Waals surface area contributed by atoms with Crippen LogP contribution in [0.1, 0.15) is 37.7 Å². The third kappa shape index (κ3) is 6.58. The van der Waals surface area contributed by atoms with Crippen molar-refractivity contribution >= 4 is 0 Å². The van der Waals surface area contributed by atoms with E-state index in [0.29, 0.717) is 38.9 Å². The minimum Gasteiger partial charge on any atom is -0.393 e. The van der Waals surface area contributed by atoms with Crippen LogP contribution in [0.3, 0.4) is 0 Å². The molecule has 0 aliphatic carbocycles. The van der Waals surface area contributed by atoms with Crippen LogP contribution < -0.4 is 0 Å². The van der Waals surface area contributed by atoms with Gasteiger partial charge >= 0.3 is 0 Å². The van der Waals surface area contributed by atoms with Gasteiger partial charge in [-0.3, -0.25) is 0 Å². The second kappa shape index (κ2) is 10.4. The SMILES string of the molecule is CO[C@H](CCOCc1ccccc1)C[C@@H]1C[C@@H](O)C[C@H](CC#N)O1. The van der Waals surface area contributed by atoms with Crippen molar-refractivity contribution in [2.24, 2.45) is 0 Å². The van der Waals surface area contributed by atoms with Crippen LogP contribution in [-0.2, 0) is 20.8 Å². The minimum atomic E-state index is -0.395. The number of hydrogen-bond donors (Lipinski definition) is 1. The van der Waals surface area contributed by atoms with Crippen LogP contribution in [0.25, 0.3) is 0 Å². The summed E-state index contributed by atoms with van der Waals surface area (Å²) in [7, 11) is 1.69. The Morgan fingerprint density at radius 3 is 2.75 bits per heavy atom. The Hall–Kier alpha value is -1.45. The lowest BCUT2D eigenvalue weighted by atomic mass is 9.95. The Morgan fingerprint density at radius 2 is 2.04 bits per heavy atom. The first-order chi connectivity index (χ1) is 11.7. The van der Waals surface area contributed by atoms with Crippen LogP contribution in [-0.4, -0.2) is 43.2 Å². The summed E-state index contributed by atoms with van der Waals surface area (Å²) < 4.78 is 17.1. The zero-order valence-electron chi connectivity index (χ0n) is 14.3. The van der Waals surface area contributed by atoms with Gasteiger partial charge in [0.15, 0.2) is 0 Å². The average molecular weight is 333 g/mol. The highest BCUT2D eigenvalue weighted by atomic mass is 16.5. The number of nitriles is 1. The third-order valence-electron chi connectivity index (χ3n) is 4.33. The molecule has 1 aliphatic heterocycles. The van der Waals surface area contributed by atoms with Gasteiger partial charge in [0.05, 0.1) is 43.5 Å². The molecule has 1 saturated heterocycles. The fraction of sp³-hybridized carbons (Fsp3) is 0.632. The number of aliphatic hydroxyl groups is 1. The van der Waals surface area contributed by atoms with Gasteiger partial charge in [-0.2, -0.15) is 5.26 Å². The molecular weight excluding hydrogens is 306 g/mol. The Labute approximate surface area is 144 Å². The smallest absolute Gasteiger partial charge is 0.0733 e. The van der Waals surface area contributed by atoms with Crippen LogP contribution in [0.15, 0.2) is 30.3 Å². The second-order valence-corrected chi connectivity index (χ2v) is 6.29. The van der Waals surface area contributed by atoms with Crippen molar-refractivity contribution < 1.29 is 19.3 Å². The molecule has 0 aromatic heterocycles. The topological polar surface area (TPSA) is 71.7 Å². The molecule has 5 nitrogen and oxygen atoms in total. The fourth-order valence-corrected chi connectivity index (χ4v) is 3.08. The lowest BCUT2D eigenvalue weighted by Gasteiger charge is -2.33. The quantitative estimate of drug-likeness (QED) is 0.704. The van der Waals surface area contributed by atoms with E-state index in [1.807, 2.05) is 30.3 Å². The van der Waals surface area contributed by atoms with Gasteiger partial charge in [0.25, 0.3) is 0 Å². The van der Waals surface area contributed by atoms with E-state index in [1.165, 1.54) is 0 Å². The van der Waals surface area contributed by atoms with Gasteiger partial charge in [-0.1, -0.05) is 30.3 Å². The normalized spacial score (nSPS) is 25.1. The molecule has 4 atom stereocenters. The lowest BCUT2D eigenvalue weighted by molar-refractivity contribution is -0.111. The summed E-state index contributed by atoms with van der Waals surface area (Å²) in [4.78, 5) is 0. The minimum absolute atomic E-state index is 0.0267. The van der Waals surface area contributed by atoms with E-state index in [1.54, 1.807) is 7.11 Å². The van der Waals surface area contributed by atoms with Crippen molar-refractivity contribution in [1.29, 1.82) is 5.26 Å². The van der Waals surface area contributed by atoms with E-state index in [-0.39, 0.29) is 18.3 Å². The average Bonchev–Trinajstić information content (AvgIpc) is 2.58. The van der Waals surface area contributed by atoms with Crippen molar-refractivity contribution in [3.05, 3.63) is 35.9 Å². The summed E-state index contributed by atoms with van der Waals surface area (Å²) in [6.45, 7) is 1.21. The molecule has 1 aromatic carbocycles. The number of methoxy groups -OCH3 is 1. The molecule has 1 aliphatic rings. The monoisotopic (exact) mass is 333 g/mol. The van der Waals surface area contributed by atoms with E-state index in [9.17, 15) is 5.11 Å². The van der Waals surface area contributed by atoms with Crippen LogP contribution in [0.5, 0.6) is 0 Å². The maximum absolute atomic E-state index is 9.95. The Morgan fingerprint density at radius 1 is 1.29 bits per heavy atom. The predicted octanol–water partition coefficient (Wildman–Crippen LogP) is 2.82. The van der Waals surface area contributed by atoms with Gasteiger partial charge in [0, 0.05) is 20.1 Å². The Kier molecular flexibility index (Phi) is 8.20. The molecule has 1 fully saturated rings. The van der Waals surface area contributed by atoms with E-state index in [4.69, 9.17) is 19.5 Å². The maximum atomic E-state index is 9.95. The van der Waals surface area contributed by atoms with Gasteiger partial charge in [0.2, 0.25) is 0 Å². The van der Waals surface area contributed by atoms with Crippen molar-refractivity contribution in [3.8, 4) is 6.07 Å². The van der Waals surface area contributed by atoms with Crippen molar-refractivity contribution in [2.45, 2.75) is 63.1 Å². The van der Waals surface area contributed by atoms with E-state index in [0.717, 1.165) is 12.0 Å². The molecule has 1 aromatic rings. The van der Waals surface area contributed by atoms with Gasteiger partial charge < -0.3 is 19.3 Å². The van der Waals surface area contributed by atoms with Gasteiger partial charge in [-0.05, 0) is 24.8 Å². The number of nitrogens with zero attached hydrogens (tertiary/aromatic N) is 1. The second-order valence-electron chi connectivity index (χ2n) is 6.29. The summed E-state index contributed by atoms with van der Waals surface area (Å²) in [6.07, 6.45) is 2.36. The Balaban J connectivity index is 1.70. The van der Waals surface area contributed by atoms with Gasteiger partial charge in [-0.15, -0.1) is 0 Å². The molecule has 0 saturated carbocycles. The van der Waals surface area contributed by atoms with E-state index >= 15 is 0 Å². The number of benzene rings is 1. The Bertz CT molecular complexity index is 502. The molecule has 1 heterocycles. The molecular formula is C19H27NO4. The summed E-state index contributed by atoms with van der Waals surface area (Å²) in [5, 5.41) is 18.8. The predicted molar refractivity (Wildman–Crippen MR) is 90.3 cm³/mol. The van der Waals surface area contributed by atoms with Gasteiger partial charge in [-0.25, -0.2) is 0 Å². The molecule has 0 spiro atoms. The highest BCUT2D eigenvalue weighted by Crippen LogP contribution is 2.25. The molecule has 0 radical (unpaired) electrons. The zero-order valence-corrected chi connectivity index (χ0v) is 14.3. The van der Waals surface area contributed by atoms with Crippen molar-refractivity contribution in [1.82, 2.24) is 0 Å². The third-order valence-corrected chi connectivity index (χ3v) is 4.33. The standard InChI is InChI=1S/C19H27NO4/c1-22-17(8-10-23-14-15-5-3-2-4-6-15)13-19-12-16(21)11-18(24-19)7-9-20/h2-6,16-19,21H,7-8,10-14H2,1H3/t16-,17+,18-,19-/m0/s1. The number of ether oxygens (including phenoxy) is 3. The lowest BCUT2D eigenvalue weighted by Crippen LogP contribution is -2.37. The van der Waals surface area contributed by atoms with Crippen LogP contribution in [0.4, 0.5) is 0 Å². The summed E-state index contributed by atoms with van der Waals surface area (Å²) in [6, 6.07) is 12.2. The maximum Gasteiger partial charge on any atom is 0.0733 e. The molecule has 1 N–H and O–H groups in total. The number of rotatable bonds is 9. The molecule has 24 heavy (non-hydrogen) atoms. The van der Waals surface area contributed by atoms with Gasteiger partial charge in [0.1, 0.15) is 0 Å². The highest BCUT2D eigenvalue weighted by Gasteiger charge is 2.29. The van der Waals surface area contributed by atoms with Crippen molar-refractivity contribution in [3.63, 3.8) is 0 Å². The molecule has 0 amide bonds. The largest absolute Gasteiger partial charge is 0.393 e.